The van der Waals surface area contributed by atoms with Crippen molar-refractivity contribution in [1.29, 1.82) is 0 Å². The largest absolute Gasteiger partial charge is 0.496 e. The van der Waals surface area contributed by atoms with E-state index in [1.165, 1.54) is 33.5 Å². The number of hydrogen-bond donors (Lipinski definition) is 3. The molecule has 1 fully saturated rings. The van der Waals surface area contributed by atoms with E-state index in [0.29, 0.717) is 51.6 Å². The van der Waals surface area contributed by atoms with Crippen molar-refractivity contribution in [3.8, 4) is 28.0 Å². The predicted octanol–water partition coefficient (Wildman–Crippen LogP) is 4.49. The molecule has 1 aliphatic rings. The number of carbonyl (C=O) groups is 2. The minimum absolute atomic E-state index is 0.00643. The van der Waals surface area contributed by atoms with E-state index in [0.717, 1.165) is 15.6 Å². The normalized spacial score (nSPS) is 14.4. The maximum Gasteiger partial charge on any atom is 0.330 e. The smallest absolute Gasteiger partial charge is 0.330 e. The van der Waals surface area contributed by atoms with E-state index < -0.39 is 23.0 Å². The Morgan fingerprint density at radius 3 is 2.42 bits per heavy atom. The highest BCUT2D eigenvalue weighted by Gasteiger charge is 2.22. The van der Waals surface area contributed by atoms with Gasteiger partial charge >= 0.3 is 5.69 Å². The molecule has 0 bridgehead atoms. The number of amides is 2. The highest BCUT2D eigenvalue weighted by Crippen LogP contribution is 2.42. The number of halogens is 3. The van der Waals surface area contributed by atoms with Crippen molar-refractivity contribution in [2.75, 3.05) is 19.0 Å². The van der Waals surface area contributed by atoms with Gasteiger partial charge in [0.15, 0.2) is 0 Å². The Balaban J connectivity index is 1.42. The molecule has 2 amide bonds. The van der Waals surface area contributed by atoms with Gasteiger partial charge in [0, 0.05) is 68.1 Å². The van der Waals surface area contributed by atoms with Crippen LogP contribution in [0, 0.1) is 5.82 Å². The van der Waals surface area contributed by atoms with E-state index in [2.05, 4.69) is 16.0 Å². The van der Waals surface area contributed by atoms with Crippen LogP contribution < -0.4 is 31.9 Å². The molecule has 3 N–H and O–H groups in total. The molecule has 3 aromatic carbocycles. The minimum Gasteiger partial charge on any atom is -0.496 e. The summed E-state index contributed by atoms with van der Waals surface area (Å²) in [5.74, 6) is -0.877. The summed E-state index contributed by atoms with van der Waals surface area (Å²) in [6.45, 7) is 0.709. The van der Waals surface area contributed by atoms with Crippen molar-refractivity contribution < 1.29 is 18.7 Å². The SMILES string of the molecule is COc1cc(-c2cccc(-c3cccc(NC(=O)c4cn(C)c(=O)n(C)c4=O)c3Cl)c2Cl)cc(F)c1CNCC1CCC(=O)N1. The fraction of sp³-hybridized carbons (Fsp3) is 0.250. The number of anilines is 1. The van der Waals surface area contributed by atoms with E-state index in [-0.39, 0.29) is 34.8 Å². The average Bonchev–Trinajstić information content (AvgIpc) is 3.44. The van der Waals surface area contributed by atoms with Crippen LogP contribution in [0.15, 0.2) is 64.3 Å². The standard InChI is InChI=1S/C32H30Cl2FN5O5/c1-39-16-23(31(43)40(2)32(39)44)30(42)38-25-9-5-8-21(29(25)34)20-7-4-6-19(28(20)33)17-12-24(35)22(26(13-17)45-3)15-36-14-18-10-11-27(41)37-18/h4-9,12-13,16,18,36H,10-11,14-15H2,1-3H3,(H,37,41)(H,38,42). The first kappa shape index (κ1) is 32.0. The monoisotopic (exact) mass is 653 g/mol. The van der Waals surface area contributed by atoms with Crippen LogP contribution in [0.25, 0.3) is 22.3 Å². The first-order chi connectivity index (χ1) is 21.5. The molecule has 1 aromatic heterocycles. The molecule has 4 aromatic rings. The molecule has 0 radical (unpaired) electrons. The number of aryl methyl sites for hydroxylation is 1. The van der Waals surface area contributed by atoms with E-state index in [1.807, 2.05) is 0 Å². The van der Waals surface area contributed by atoms with Crippen molar-refractivity contribution in [2.45, 2.75) is 25.4 Å². The van der Waals surface area contributed by atoms with Gasteiger partial charge in [0.25, 0.3) is 11.5 Å². The summed E-state index contributed by atoms with van der Waals surface area (Å²) in [6.07, 6.45) is 2.39. The summed E-state index contributed by atoms with van der Waals surface area (Å²) >= 11 is 13.6. The lowest BCUT2D eigenvalue weighted by atomic mass is 9.97. The molecule has 234 valence electrons. The third kappa shape index (κ3) is 6.51. The lowest BCUT2D eigenvalue weighted by Gasteiger charge is -2.17. The highest BCUT2D eigenvalue weighted by atomic mass is 35.5. The highest BCUT2D eigenvalue weighted by molar-refractivity contribution is 6.39. The summed E-state index contributed by atoms with van der Waals surface area (Å²) in [5, 5.41) is 9.16. The molecule has 1 unspecified atom stereocenters. The van der Waals surface area contributed by atoms with E-state index in [4.69, 9.17) is 27.9 Å². The summed E-state index contributed by atoms with van der Waals surface area (Å²) < 4.78 is 22.9. The molecule has 13 heteroatoms. The Kier molecular flexibility index (Phi) is 9.42. The number of hydrogen-bond acceptors (Lipinski definition) is 6. The third-order valence-electron chi connectivity index (χ3n) is 7.69. The molecule has 1 saturated heterocycles. The summed E-state index contributed by atoms with van der Waals surface area (Å²) in [4.78, 5) is 49.1. The summed E-state index contributed by atoms with van der Waals surface area (Å²) in [5.41, 5.74) is 1.04. The van der Waals surface area contributed by atoms with Crippen molar-refractivity contribution in [3.05, 3.63) is 103 Å². The Labute approximate surface area is 267 Å². The Bertz CT molecular complexity index is 1940. The molecule has 0 saturated carbocycles. The molecule has 5 rings (SSSR count). The van der Waals surface area contributed by atoms with Crippen LogP contribution in [0.5, 0.6) is 5.75 Å². The van der Waals surface area contributed by atoms with Gasteiger partial charge in [-0.3, -0.25) is 19.0 Å². The molecule has 0 spiro atoms. The van der Waals surface area contributed by atoms with Crippen LogP contribution in [-0.2, 0) is 25.4 Å². The van der Waals surface area contributed by atoms with Gasteiger partial charge in [0.05, 0.1) is 22.8 Å². The fourth-order valence-electron chi connectivity index (χ4n) is 5.28. The summed E-state index contributed by atoms with van der Waals surface area (Å²) in [6, 6.07) is 13.3. The van der Waals surface area contributed by atoms with Crippen molar-refractivity contribution >= 4 is 40.7 Å². The Morgan fingerprint density at radius 1 is 1.04 bits per heavy atom. The van der Waals surface area contributed by atoms with Gasteiger partial charge in [-0.25, -0.2) is 9.18 Å². The maximum absolute atomic E-state index is 15.4. The lowest BCUT2D eigenvalue weighted by Crippen LogP contribution is -2.40. The second kappa shape index (κ2) is 13.3. The van der Waals surface area contributed by atoms with Gasteiger partial charge in [-0.1, -0.05) is 53.5 Å². The maximum atomic E-state index is 15.4. The fourth-order valence-corrected chi connectivity index (χ4v) is 5.89. The van der Waals surface area contributed by atoms with Crippen LogP contribution >= 0.6 is 23.2 Å². The Morgan fingerprint density at radius 2 is 1.73 bits per heavy atom. The average molecular weight is 655 g/mol. The van der Waals surface area contributed by atoms with Crippen molar-refractivity contribution in [1.82, 2.24) is 19.8 Å². The number of ether oxygens (including phenoxy) is 1. The Hall–Kier alpha value is -4.45. The van der Waals surface area contributed by atoms with Crippen LogP contribution in [0.2, 0.25) is 10.0 Å². The van der Waals surface area contributed by atoms with Crippen molar-refractivity contribution in [3.63, 3.8) is 0 Å². The molecular formula is C32H30Cl2FN5O5. The van der Waals surface area contributed by atoms with Crippen LogP contribution in [-0.4, -0.2) is 40.6 Å². The van der Waals surface area contributed by atoms with Gasteiger partial charge in [0.2, 0.25) is 5.91 Å². The zero-order valence-electron chi connectivity index (χ0n) is 24.7. The molecule has 0 aliphatic carbocycles. The number of aromatic nitrogens is 2. The number of carbonyl (C=O) groups excluding carboxylic acids is 2. The first-order valence-corrected chi connectivity index (χ1v) is 14.8. The minimum atomic E-state index is -0.745. The van der Waals surface area contributed by atoms with Gasteiger partial charge in [0.1, 0.15) is 17.1 Å². The first-order valence-electron chi connectivity index (χ1n) is 14.0. The number of nitrogens with one attached hydrogen (secondary N) is 3. The quantitative estimate of drug-likeness (QED) is 0.245. The zero-order valence-corrected chi connectivity index (χ0v) is 26.2. The topological polar surface area (TPSA) is 123 Å². The molecule has 10 nitrogen and oxygen atoms in total. The molecular weight excluding hydrogens is 624 g/mol. The number of nitrogens with zero attached hydrogens (tertiary/aromatic N) is 2. The second-order valence-electron chi connectivity index (χ2n) is 10.7. The van der Waals surface area contributed by atoms with Gasteiger partial charge in [-0.05, 0) is 30.2 Å². The van der Waals surface area contributed by atoms with E-state index in [1.54, 1.807) is 42.5 Å². The number of benzene rings is 3. The molecule has 1 aliphatic heterocycles. The van der Waals surface area contributed by atoms with E-state index in [9.17, 15) is 19.2 Å². The molecule has 2 heterocycles. The zero-order chi connectivity index (χ0) is 32.4. The molecule has 1 atom stereocenters. The van der Waals surface area contributed by atoms with Crippen LogP contribution in [0.4, 0.5) is 10.1 Å². The number of rotatable bonds is 9. The second-order valence-corrected chi connectivity index (χ2v) is 11.4. The third-order valence-corrected chi connectivity index (χ3v) is 8.50. The van der Waals surface area contributed by atoms with Crippen LogP contribution in [0.1, 0.15) is 28.8 Å². The predicted molar refractivity (Wildman–Crippen MR) is 172 cm³/mol. The van der Waals surface area contributed by atoms with Gasteiger partial charge in [-0.15, -0.1) is 0 Å². The summed E-state index contributed by atoms with van der Waals surface area (Å²) in [7, 11) is 4.18. The van der Waals surface area contributed by atoms with Crippen LogP contribution in [0.3, 0.4) is 0 Å². The van der Waals surface area contributed by atoms with Gasteiger partial charge < -0.3 is 25.3 Å². The number of methoxy groups -OCH3 is 1. The van der Waals surface area contributed by atoms with E-state index >= 15 is 4.39 Å². The lowest BCUT2D eigenvalue weighted by molar-refractivity contribution is -0.119. The van der Waals surface area contributed by atoms with Crippen molar-refractivity contribution in [2.24, 2.45) is 14.1 Å². The van der Waals surface area contributed by atoms with Gasteiger partial charge in [-0.2, -0.15) is 0 Å². The molecule has 45 heavy (non-hydrogen) atoms.